The third-order valence-corrected chi connectivity index (χ3v) is 3.27. The first-order valence-corrected chi connectivity index (χ1v) is 5.48. The average Bonchev–Trinajstić information content (AvgIpc) is 2.71. The summed E-state index contributed by atoms with van der Waals surface area (Å²) in [5.74, 6) is 0.789. The minimum Gasteiger partial charge on any atom is -0.340 e. The normalized spacial score (nSPS) is 13.1. The Hall–Kier alpha value is -0.840. The zero-order chi connectivity index (χ0) is 10.1. The van der Waals surface area contributed by atoms with E-state index in [2.05, 4.69) is 9.97 Å². The number of nitrogens with two attached hydrogens (primary N) is 1. The molecule has 0 fully saturated rings. The number of rotatable bonds is 2. The minimum absolute atomic E-state index is 0.0324. The zero-order valence-electron chi connectivity index (χ0n) is 7.62. The van der Waals surface area contributed by atoms with Gasteiger partial charge in [-0.3, -0.25) is 0 Å². The predicted octanol–water partition coefficient (Wildman–Crippen LogP) is 2.81. The second-order valence-electron chi connectivity index (χ2n) is 3.07. The van der Waals surface area contributed by atoms with Crippen LogP contribution < -0.4 is 5.73 Å². The van der Waals surface area contributed by atoms with E-state index in [1.165, 1.54) is 0 Å². The van der Waals surface area contributed by atoms with Gasteiger partial charge in [0.25, 0.3) is 0 Å². The van der Waals surface area contributed by atoms with Crippen LogP contribution in [-0.4, -0.2) is 9.97 Å². The van der Waals surface area contributed by atoms with Crippen molar-refractivity contribution in [2.75, 3.05) is 0 Å². The van der Waals surface area contributed by atoms with Gasteiger partial charge in [-0.05, 0) is 18.4 Å². The number of imidazole rings is 1. The van der Waals surface area contributed by atoms with E-state index >= 15 is 0 Å². The summed E-state index contributed by atoms with van der Waals surface area (Å²) in [6.07, 6.45) is 1.75. The third kappa shape index (κ3) is 1.68. The number of nitrogens with zero attached hydrogens (tertiary/aromatic N) is 1. The predicted molar refractivity (Wildman–Crippen MR) is 59.5 cm³/mol. The topological polar surface area (TPSA) is 54.7 Å². The van der Waals surface area contributed by atoms with Crippen molar-refractivity contribution in [3.8, 4) is 10.7 Å². The molecule has 0 aromatic carbocycles. The van der Waals surface area contributed by atoms with Gasteiger partial charge in [-0.2, -0.15) is 0 Å². The van der Waals surface area contributed by atoms with Gasteiger partial charge in [0, 0.05) is 6.04 Å². The van der Waals surface area contributed by atoms with E-state index in [4.69, 9.17) is 17.3 Å². The molecule has 1 unspecified atom stereocenters. The molecule has 2 rings (SSSR count). The number of aromatic amines is 1. The summed E-state index contributed by atoms with van der Waals surface area (Å²) >= 11 is 7.54. The maximum Gasteiger partial charge on any atom is 0.149 e. The van der Waals surface area contributed by atoms with Crippen LogP contribution in [0.1, 0.15) is 18.7 Å². The first kappa shape index (κ1) is 9.71. The fourth-order valence-corrected chi connectivity index (χ4v) is 2.24. The lowest BCUT2D eigenvalue weighted by Gasteiger charge is -1.98. The summed E-state index contributed by atoms with van der Waals surface area (Å²) in [5.41, 5.74) is 6.64. The van der Waals surface area contributed by atoms with E-state index in [1.807, 2.05) is 18.4 Å². The summed E-state index contributed by atoms with van der Waals surface area (Å²) in [7, 11) is 0. The molecule has 0 saturated carbocycles. The molecule has 1 atom stereocenters. The average molecular weight is 228 g/mol. The SMILES string of the molecule is CC(N)c1cnc(-c2sccc2Cl)[nH]1. The van der Waals surface area contributed by atoms with E-state index in [0.717, 1.165) is 21.4 Å². The van der Waals surface area contributed by atoms with Crippen LogP contribution in [0.15, 0.2) is 17.6 Å². The zero-order valence-corrected chi connectivity index (χ0v) is 9.19. The van der Waals surface area contributed by atoms with Crippen molar-refractivity contribution < 1.29 is 0 Å². The molecule has 0 radical (unpaired) electrons. The Bertz CT molecular complexity index is 433. The number of halogens is 1. The molecule has 0 aliphatic carbocycles. The number of aromatic nitrogens is 2. The van der Waals surface area contributed by atoms with Crippen molar-refractivity contribution in [1.82, 2.24) is 9.97 Å². The van der Waals surface area contributed by atoms with Crippen molar-refractivity contribution in [3.05, 3.63) is 28.4 Å². The van der Waals surface area contributed by atoms with Crippen LogP contribution in [0.5, 0.6) is 0 Å². The van der Waals surface area contributed by atoms with Crippen LogP contribution in [0.4, 0.5) is 0 Å². The summed E-state index contributed by atoms with van der Waals surface area (Å²) in [4.78, 5) is 8.33. The molecule has 14 heavy (non-hydrogen) atoms. The van der Waals surface area contributed by atoms with Crippen LogP contribution in [0.25, 0.3) is 10.7 Å². The van der Waals surface area contributed by atoms with Gasteiger partial charge in [0.2, 0.25) is 0 Å². The van der Waals surface area contributed by atoms with Crippen LogP contribution in [-0.2, 0) is 0 Å². The Morgan fingerprint density at radius 3 is 2.93 bits per heavy atom. The molecule has 0 amide bonds. The van der Waals surface area contributed by atoms with E-state index in [0.29, 0.717) is 0 Å². The van der Waals surface area contributed by atoms with Crippen molar-refractivity contribution in [3.63, 3.8) is 0 Å². The van der Waals surface area contributed by atoms with Crippen LogP contribution in [0.2, 0.25) is 5.02 Å². The van der Waals surface area contributed by atoms with Gasteiger partial charge in [-0.15, -0.1) is 11.3 Å². The van der Waals surface area contributed by atoms with Gasteiger partial charge < -0.3 is 10.7 Å². The second-order valence-corrected chi connectivity index (χ2v) is 4.40. The summed E-state index contributed by atoms with van der Waals surface area (Å²) < 4.78 is 0. The molecular weight excluding hydrogens is 218 g/mol. The Morgan fingerprint density at radius 1 is 1.64 bits per heavy atom. The fourth-order valence-electron chi connectivity index (χ4n) is 1.14. The quantitative estimate of drug-likeness (QED) is 0.829. The third-order valence-electron chi connectivity index (χ3n) is 1.92. The minimum atomic E-state index is -0.0324. The van der Waals surface area contributed by atoms with Gasteiger partial charge in [-0.25, -0.2) is 4.98 Å². The first-order chi connectivity index (χ1) is 6.68. The van der Waals surface area contributed by atoms with Gasteiger partial charge >= 0.3 is 0 Å². The lowest BCUT2D eigenvalue weighted by molar-refractivity contribution is 0.789. The molecule has 74 valence electrons. The Kier molecular flexibility index (Phi) is 2.58. The molecule has 0 aliphatic heterocycles. The molecule has 0 saturated heterocycles. The highest BCUT2D eigenvalue weighted by Gasteiger charge is 2.10. The molecule has 5 heteroatoms. The van der Waals surface area contributed by atoms with Gasteiger partial charge in [-0.1, -0.05) is 11.6 Å². The maximum atomic E-state index is 5.98. The molecule has 2 aromatic heterocycles. The lowest BCUT2D eigenvalue weighted by Crippen LogP contribution is -2.04. The molecule has 2 aromatic rings. The smallest absolute Gasteiger partial charge is 0.149 e. The van der Waals surface area contributed by atoms with E-state index in [9.17, 15) is 0 Å². The molecule has 3 nitrogen and oxygen atoms in total. The second kappa shape index (κ2) is 3.73. The van der Waals surface area contributed by atoms with Crippen molar-refractivity contribution in [1.29, 1.82) is 0 Å². The van der Waals surface area contributed by atoms with E-state index < -0.39 is 0 Å². The van der Waals surface area contributed by atoms with Crippen LogP contribution >= 0.6 is 22.9 Å². The Balaban J connectivity index is 2.39. The molecule has 0 aliphatic rings. The van der Waals surface area contributed by atoms with E-state index in [1.54, 1.807) is 17.5 Å². The van der Waals surface area contributed by atoms with Gasteiger partial charge in [0.1, 0.15) is 5.82 Å². The van der Waals surface area contributed by atoms with Crippen LogP contribution in [0.3, 0.4) is 0 Å². The molecule has 0 spiro atoms. The number of H-pyrrole nitrogens is 1. The standard InChI is InChI=1S/C9H10ClN3S/c1-5(11)7-4-12-9(13-7)8-6(10)2-3-14-8/h2-5H,11H2,1H3,(H,12,13). The number of thiophene rings is 1. The Morgan fingerprint density at radius 2 is 2.43 bits per heavy atom. The highest BCUT2D eigenvalue weighted by Crippen LogP contribution is 2.31. The monoisotopic (exact) mass is 227 g/mol. The van der Waals surface area contributed by atoms with Gasteiger partial charge in [0.05, 0.1) is 21.8 Å². The first-order valence-electron chi connectivity index (χ1n) is 4.22. The van der Waals surface area contributed by atoms with E-state index in [-0.39, 0.29) is 6.04 Å². The number of hydrogen-bond donors (Lipinski definition) is 2. The van der Waals surface area contributed by atoms with Crippen LogP contribution in [0, 0.1) is 0 Å². The van der Waals surface area contributed by atoms with Gasteiger partial charge in [0.15, 0.2) is 0 Å². The van der Waals surface area contributed by atoms with Crippen molar-refractivity contribution >= 4 is 22.9 Å². The maximum absolute atomic E-state index is 5.98. The highest BCUT2D eigenvalue weighted by atomic mass is 35.5. The largest absolute Gasteiger partial charge is 0.340 e. The van der Waals surface area contributed by atoms with Crippen molar-refractivity contribution in [2.45, 2.75) is 13.0 Å². The number of nitrogens with one attached hydrogen (secondary N) is 1. The lowest BCUT2D eigenvalue weighted by atomic mass is 10.3. The molecule has 0 bridgehead atoms. The molecular formula is C9H10ClN3S. The fraction of sp³-hybridized carbons (Fsp3) is 0.222. The summed E-state index contributed by atoms with van der Waals surface area (Å²) in [6, 6.07) is 1.82. The summed E-state index contributed by atoms with van der Waals surface area (Å²) in [5, 5.41) is 2.66. The van der Waals surface area contributed by atoms with Crippen molar-refractivity contribution in [2.24, 2.45) is 5.73 Å². The highest BCUT2D eigenvalue weighted by molar-refractivity contribution is 7.14. The Labute approximate surface area is 90.9 Å². The molecule has 2 heterocycles. The molecule has 3 N–H and O–H groups in total. The summed E-state index contributed by atoms with van der Waals surface area (Å²) in [6.45, 7) is 1.91. The number of hydrogen-bond acceptors (Lipinski definition) is 3.